The Morgan fingerprint density at radius 1 is 1.11 bits per heavy atom. The van der Waals surface area contributed by atoms with Gasteiger partial charge in [-0.15, -0.1) is 0 Å². The van der Waals surface area contributed by atoms with Gasteiger partial charge in [-0.3, -0.25) is 4.79 Å². The molecular weight excluding hydrogens is 351 g/mol. The molecule has 2 aromatic rings. The highest BCUT2D eigenvalue weighted by Gasteiger charge is 2.04. The van der Waals surface area contributed by atoms with Crippen LogP contribution in [-0.4, -0.2) is 12.5 Å². The number of hydrogen-bond donors (Lipinski definition) is 2. The molecule has 0 saturated carbocycles. The number of carbonyl (C=O) groups excluding carboxylic acids is 1. The molecule has 4 heteroatoms. The quantitative estimate of drug-likeness (QED) is 0.812. The van der Waals surface area contributed by atoms with Gasteiger partial charge in [-0.2, -0.15) is 0 Å². The number of carbonyl (C=O) groups is 1. The summed E-state index contributed by atoms with van der Waals surface area (Å²) in [7, 11) is 0. The van der Waals surface area contributed by atoms with Crippen LogP contribution in [-0.2, 0) is 4.79 Å². The molecule has 3 nitrogen and oxygen atoms in total. The lowest BCUT2D eigenvalue weighted by atomic mass is 10.2. The molecule has 2 rings (SSSR count). The van der Waals surface area contributed by atoms with Crippen LogP contribution in [0, 0.1) is 10.5 Å². The van der Waals surface area contributed by atoms with Crippen molar-refractivity contribution in [1.29, 1.82) is 0 Å². The number of halogens is 1. The molecule has 98 valence electrons. The first-order valence-corrected chi connectivity index (χ1v) is 7.08. The van der Waals surface area contributed by atoms with E-state index in [0.29, 0.717) is 0 Å². The maximum absolute atomic E-state index is 11.8. The van der Waals surface area contributed by atoms with E-state index in [1.165, 1.54) is 5.56 Å². The Kier molecular flexibility index (Phi) is 4.79. The van der Waals surface area contributed by atoms with Gasteiger partial charge in [0.25, 0.3) is 0 Å². The summed E-state index contributed by atoms with van der Waals surface area (Å²) in [6.45, 7) is 2.29. The molecule has 0 unspecified atom stereocenters. The fraction of sp³-hybridized carbons (Fsp3) is 0.133. The van der Waals surface area contributed by atoms with Crippen LogP contribution in [0.15, 0.2) is 48.5 Å². The molecule has 0 aliphatic rings. The molecule has 0 heterocycles. The fourth-order valence-corrected chi connectivity index (χ4v) is 2.13. The molecule has 2 N–H and O–H groups in total. The average molecular weight is 366 g/mol. The van der Waals surface area contributed by atoms with E-state index in [1.54, 1.807) is 0 Å². The van der Waals surface area contributed by atoms with Crippen LogP contribution in [0.5, 0.6) is 0 Å². The highest BCUT2D eigenvalue weighted by molar-refractivity contribution is 14.1. The zero-order chi connectivity index (χ0) is 13.7. The van der Waals surface area contributed by atoms with Crippen molar-refractivity contribution >= 4 is 39.9 Å². The Morgan fingerprint density at radius 3 is 2.47 bits per heavy atom. The summed E-state index contributed by atoms with van der Waals surface area (Å²) in [4.78, 5) is 11.8. The van der Waals surface area contributed by atoms with E-state index in [-0.39, 0.29) is 12.5 Å². The van der Waals surface area contributed by atoms with Crippen LogP contribution < -0.4 is 10.6 Å². The number of benzene rings is 2. The maximum Gasteiger partial charge on any atom is 0.243 e. The minimum atomic E-state index is -0.0512. The van der Waals surface area contributed by atoms with Crippen molar-refractivity contribution in [3.8, 4) is 0 Å². The molecule has 0 bridgehead atoms. The van der Waals surface area contributed by atoms with Gasteiger partial charge in [0.1, 0.15) is 0 Å². The summed E-state index contributed by atoms with van der Waals surface area (Å²) in [5, 5.41) is 5.98. The molecular formula is C15H15IN2O. The third-order valence-electron chi connectivity index (χ3n) is 2.65. The Labute approximate surface area is 126 Å². The predicted molar refractivity (Wildman–Crippen MR) is 87.5 cm³/mol. The van der Waals surface area contributed by atoms with E-state index < -0.39 is 0 Å². The first kappa shape index (κ1) is 13.9. The van der Waals surface area contributed by atoms with E-state index in [2.05, 4.69) is 33.2 Å². The molecule has 0 aromatic heterocycles. The van der Waals surface area contributed by atoms with Crippen LogP contribution in [0.4, 0.5) is 11.4 Å². The lowest BCUT2D eigenvalue weighted by molar-refractivity contribution is -0.114. The molecule has 0 aliphatic heterocycles. The molecule has 1 amide bonds. The van der Waals surface area contributed by atoms with Crippen molar-refractivity contribution in [3.05, 3.63) is 57.7 Å². The standard InChI is InChI=1S/C15H15IN2O/c1-11-6-8-12(9-7-11)17-10-15(19)18-14-5-3-2-4-13(14)16/h2-9,17H,10H2,1H3,(H,18,19). The van der Waals surface area contributed by atoms with Gasteiger partial charge in [-0.05, 0) is 53.8 Å². The van der Waals surface area contributed by atoms with Gasteiger partial charge in [0, 0.05) is 9.26 Å². The highest BCUT2D eigenvalue weighted by atomic mass is 127. The molecule has 19 heavy (non-hydrogen) atoms. The van der Waals surface area contributed by atoms with Crippen molar-refractivity contribution in [3.63, 3.8) is 0 Å². The van der Waals surface area contributed by atoms with Gasteiger partial charge in [0.15, 0.2) is 0 Å². The smallest absolute Gasteiger partial charge is 0.243 e. The minimum absolute atomic E-state index is 0.0512. The van der Waals surface area contributed by atoms with Crippen molar-refractivity contribution in [2.24, 2.45) is 0 Å². The number of para-hydroxylation sites is 1. The number of anilines is 2. The predicted octanol–water partition coefficient (Wildman–Crippen LogP) is 3.65. The molecule has 0 aliphatic carbocycles. The Bertz CT molecular complexity index is 567. The Balaban J connectivity index is 1.88. The van der Waals surface area contributed by atoms with Gasteiger partial charge in [0.05, 0.1) is 12.2 Å². The molecule has 0 saturated heterocycles. The monoisotopic (exact) mass is 366 g/mol. The summed E-state index contributed by atoms with van der Waals surface area (Å²) >= 11 is 2.20. The van der Waals surface area contributed by atoms with E-state index in [1.807, 2.05) is 55.5 Å². The maximum atomic E-state index is 11.8. The van der Waals surface area contributed by atoms with E-state index in [0.717, 1.165) is 14.9 Å². The van der Waals surface area contributed by atoms with Gasteiger partial charge >= 0.3 is 0 Å². The number of rotatable bonds is 4. The first-order chi connectivity index (χ1) is 9.15. The van der Waals surface area contributed by atoms with Crippen LogP contribution in [0.25, 0.3) is 0 Å². The molecule has 0 fully saturated rings. The molecule has 0 spiro atoms. The highest BCUT2D eigenvalue weighted by Crippen LogP contribution is 2.16. The summed E-state index contributed by atoms with van der Waals surface area (Å²) in [6, 6.07) is 15.7. The summed E-state index contributed by atoms with van der Waals surface area (Å²) in [5.74, 6) is -0.0512. The second kappa shape index (κ2) is 6.56. The molecule has 0 atom stereocenters. The summed E-state index contributed by atoms with van der Waals surface area (Å²) in [5.41, 5.74) is 3.00. The van der Waals surface area contributed by atoms with Crippen molar-refractivity contribution in [2.75, 3.05) is 17.2 Å². The van der Waals surface area contributed by atoms with Crippen molar-refractivity contribution in [2.45, 2.75) is 6.92 Å². The van der Waals surface area contributed by atoms with E-state index >= 15 is 0 Å². The van der Waals surface area contributed by atoms with Crippen molar-refractivity contribution < 1.29 is 4.79 Å². The lowest BCUT2D eigenvalue weighted by Gasteiger charge is -2.09. The molecule has 2 aromatic carbocycles. The van der Waals surface area contributed by atoms with Gasteiger partial charge in [0.2, 0.25) is 5.91 Å². The van der Waals surface area contributed by atoms with Gasteiger partial charge < -0.3 is 10.6 Å². The fourth-order valence-electron chi connectivity index (χ4n) is 1.61. The summed E-state index contributed by atoms with van der Waals surface area (Å²) < 4.78 is 1.03. The Hall–Kier alpha value is -1.56. The number of amides is 1. The van der Waals surface area contributed by atoms with Crippen LogP contribution >= 0.6 is 22.6 Å². The number of aryl methyl sites for hydroxylation is 1. The van der Waals surface area contributed by atoms with Crippen LogP contribution in [0.1, 0.15) is 5.56 Å². The molecule has 0 radical (unpaired) electrons. The third-order valence-corrected chi connectivity index (χ3v) is 3.59. The number of nitrogens with one attached hydrogen (secondary N) is 2. The zero-order valence-corrected chi connectivity index (χ0v) is 12.8. The minimum Gasteiger partial charge on any atom is -0.376 e. The van der Waals surface area contributed by atoms with Gasteiger partial charge in [-0.1, -0.05) is 29.8 Å². The third kappa shape index (κ3) is 4.24. The largest absolute Gasteiger partial charge is 0.376 e. The zero-order valence-electron chi connectivity index (χ0n) is 10.6. The number of hydrogen-bond acceptors (Lipinski definition) is 2. The lowest BCUT2D eigenvalue weighted by Crippen LogP contribution is -2.22. The van der Waals surface area contributed by atoms with Gasteiger partial charge in [-0.25, -0.2) is 0 Å². The SMILES string of the molecule is Cc1ccc(NCC(=O)Nc2ccccc2I)cc1. The normalized spacial score (nSPS) is 10.0. The topological polar surface area (TPSA) is 41.1 Å². The first-order valence-electron chi connectivity index (χ1n) is 6.00. The second-order valence-corrected chi connectivity index (χ2v) is 5.41. The van der Waals surface area contributed by atoms with E-state index in [4.69, 9.17) is 0 Å². The van der Waals surface area contributed by atoms with Crippen LogP contribution in [0.3, 0.4) is 0 Å². The van der Waals surface area contributed by atoms with Crippen LogP contribution in [0.2, 0.25) is 0 Å². The van der Waals surface area contributed by atoms with E-state index in [9.17, 15) is 4.79 Å². The Morgan fingerprint density at radius 2 is 1.79 bits per heavy atom. The second-order valence-electron chi connectivity index (χ2n) is 4.25. The van der Waals surface area contributed by atoms with Crippen molar-refractivity contribution in [1.82, 2.24) is 0 Å². The average Bonchev–Trinajstić information content (AvgIpc) is 2.41. The summed E-state index contributed by atoms with van der Waals surface area (Å²) in [6.07, 6.45) is 0.